The average Bonchev–Trinajstić information content (AvgIpc) is 2.82. The first-order valence-electron chi connectivity index (χ1n) is 4.81. The van der Waals surface area contributed by atoms with Gasteiger partial charge in [-0.05, 0) is 17.7 Å². The van der Waals surface area contributed by atoms with Crippen molar-refractivity contribution < 1.29 is 9.52 Å². The minimum Gasteiger partial charge on any atom is -0.468 e. The second kappa shape index (κ2) is 4.29. The molecule has 2 rings (SSSR count). The molecule has 2 aromatic rings. The SMILES string of the molecule is N[C@@H](c1ccco1)[C@@H](O)c1ccccc1. The van der Waals surface area contributed by atoms with E-state index in [0.717, 1.165) is 5.56 Å². The third-order valence-corrected chi connectivity index (χ3v) is 2.35. The average molecular weight is 203 g/mol. The maximum absolute atomic E-state index is 9.98. The molecule has 1 aromatic carbocycles. The summed E-state index contributed by atoms with van der Waals surface area (Å²) in [6.45, 7) is 0. The van der Waals surface area contributed by atoms with Crippen LogP contribution < -0.4 is 5.73 Å². The first-order chi connectivity index (χ1) is 7.29. The lowest BCUT2D eigenvalue weighted by atomic mass is 10.0. The van der Waals surface area contributed by atoms with Gasteiger partial charge in [0.15, 0.2) is 0 Å². The monoisotopic (exact) mass is 203 g/mol. The number of hydrogen-bond donors (Lipinski definition) is 2. The van der Waals surface area contributed by atoms with Crippen LogP contribution in [-0.2, 0) is 0 Å². The molecule has 1 aromatic heterocycles. The molecule has 0 fully saturated rings. The molecule has 3 N–H and O–H groups in total. The zero-order valence-electron chi connectivity index (χ0n) is 8.21. The summed E-state index contributed by atoms with van der Waals surface area (Å²) in [7, 11) is 0. The molecule has 0 unspecified atom stereocenters. The minimum absolute atomic E-state index is 0.526. The number of nitrogens with two attached hydrogens (primary N) is 1. The van der Waals surface area contributed by atoms with E-state index in [4.69, 9.17) is 10.2 Å². The second-order valence-electron chi connectivity index (χ2n) is 3.40. The highest BCUT2D eigenvalue weighted by atomic mass is 16.3. The Morgan fingerprint density at radius 3 is 2.40 bits per heavy atom. The van der Waals surface area contributed by atoms with Crippen molar-refractivity contribution in [3.8, 4) is 0 Å². The van der Waals surface area contributed by atoms with E-state index in [1.807, 2.05) is 30.3 Å². The van der Waals surface area contributed by atoms with Crippen molar-refractivity contribution in [3.63, 3.8) is 0 Å². The molecule has 3 nitrogen and oxygen atoms in total. The molecule has 0 radical (unpaired) electrons. The lowest BCUT2D eigenvalue weighted by molar-refractivity contribution is 0.136. The van der Waals surface area contributed by atoms with Crippen LogP contribution in [0.25, 0.3) is 0 Å². The van der Waals surface area contributed by atoms with E-state index in [9.17, 15) is 5.11 Å². The molecule has 1 heterocycles. The summed E-state index contributed by atoms with van der Waals surface area (Å²) in [4.78, 5) is 0. The lowest BCUT2D eigenvalue weighted by Gasteiger charge is -2.16. The number of rotatable bonds is 3. The van der Waals surface area contributed by atoms with Crippen molar-refractivity contribution in [2.24, 2.45) is 5.73 Å². The van der Waals surface area contributed by atoms with Crippen molar-refractivity contribution in [2.45, 2.75) is 12.1 Å². The van der Waals surface area contributed by atoms with Gasteiger partial charge in [-0.1, -0.05) is 30.3 Å². The predicted octanol–water partition coefficient (Wildman–Crippen LogP) is 2.01. The van der Waals surface area contributed by atoms with Gasteiger partial charge in [-0.15, -0.1) is 0 Å². The van der Waals surface area contributed by atoms with E-state index in [2.05, 4.69) is 0 Å². The molecule has 15 heavy (non-hydrogen) atoms. The van der Waals surface area contributed by atoms with Gasteiger partial charge in [0.05, 0.1) is 12.3 Å². The van der Waals surface area contributed by atoms with E-state index < -0.39 is 12.1 Å². The van der Waals surface area contributed by atoms with Gasteiger partial charge in [-0.3, -0.25) is 0 Å². The smallest absolute Gasteiger partial charge is 0.123 e. The largest absolute Gasteiger partial charge is 0.468 e. The third kappa shape index (κ3) is 2.09. The van der Waals surface area contributed by atoms with Crippen LogP contribution in [0.2, 0.25) is 0 Å². The van der Waals surface area contributed by atoms with Crippen LogP contribution in [0, 0.1) is 0 Å². The van der Waals surface area contributed by atoms with E-state index in [0.29, 0.717) is 5.76 Å². The number of hydrogen-bond acceptors (Lipinski definition) is 3. The second-order valence-corrected chi connectivity index (χ2v) is 3.40. The summed E-state index contributed by atoms with van der Waals surface area (Å²) in [6, 6.07) is 12.3. The van der Waals surface area contributed by atoms with Crippen LogP contribution in [-0.4, -0.2) is 5.11 Å². The Morgan fingerprint density at radius 1 is 1.07 bits per heavy atom. The number of aliphatic hydroxyl groups is 1. The fraction of sp³-hybridized carbons (Fsp3) is 0.167. The fourth-order valence-corrected chi connectivity index (χ4v) is 1.49. The standard InChI is InChI=1S/C12H13NO2/c13-11(10-7-4-8-15-10)12(14)9-5-2-1-3-6-9/h1-8,11-12,14H,13H2/t11-,12-/m0/s1. The fourth-order valence-electron chi connectivity index (χ4n) is 1.49. The Morgan fingerprint density at radius 2 is 1.80 bits per heavy atom. The van der Waals surface area contributed by atoms with Crippen LogP contribution >= 0.6 is 0 Å². The molecule has 0 amide bonds. The van der Waals surface area contributed by atoms with Crippen molar-refractivity contribution in [3.05, 3.63) is 60.1 Å². The molecule has 78 valence electrons. The highest BCUT2D eigenvalue weighted by molar-refractivity contribution is 5.21. The summed E-state index contributed by atoms with van der Waals surface area (Å²) in [5.41, 5.74) is 6.66. The van der Waals surface area contributed by atoms with Gasteiger partial charge in [-0.25, -0.2) is 0 Å². The Kier molecular flexibility index (Phi) is 2.85. The Hall–Kier alpha value is -1.58. The van der Waals surface area contributed by atoms with E-state index >= 15 is 0 Å². The van der Waals surface area contributed by atoms with Crippen LogP contribution in [0.5, 0.6) is 0 Å². The van der Waals surface area contributed by atoms with Gasteiger partial charge in [0.2, 0.25) is 0 Å². The van der Waals surface area contributed by atoms with Crippen molar-refractivity contribution in [1.82, 2.24) is 0 Å². The molecule has 0 aliphatic rings. The molecule has 0 aliphatic carbocycles. The van der Waals surface area contributed by atoms with Crippen LogP contribution in [0.1, 0.15) is 23.5 Å². The summed E-state index contributed by atoms with van der Waals surface area (Å²) in [6.07, 6.45) is 0.810. The maximum Gasteiger partial charge on any atom is 0.123 e. The number of benzene rings is 1. The predicted molar refractivity (Wildman–Crippen MR) is 57.0 cm³/mol. The third-order valence-electron chi connectivity index (χ3n) is 2.35. The van der Waals surface area contributed by atoms with Gasteiger partial charge in [-0.2, -0.15) is 0 Å². The zero-order chi connectivity index (χ0) is 10.7. The maximum atomic E-state index is 9.98. The van der Waals surface area contributed by atoms with Gasteiger partial charge in [0.25, 0.3) is 0 Å². The van der Waals surface area contributed by atoms with Crippen molar-refractivity contribution >= 4 is 0 Å². The first kappa shape index (κ1) is 9.96. The van der Waals surface area contributed by atoms with Gasteiger partial charge < -0.3 is 15.3 Å². The van der Waals surface area contributed by atoms with Gasteiger partial charge in [0.1, 0.15) is 11.9 Å². The summed E-state index contributed by atoms with van der Waals surface area (Å²) < 4.78 is 5.15. The van der Waals surface area contributed by atoms with Crippen LogP contribution in [0.4, 0.5) is 0 Å². The quantitative estimate of drug-likeness (QED) is 0.802. The molecule has 0 saturated heterocycles. The Bertz CT molecular complexity index is 397. The van der Waals surface area contributed by atoms with Crippen molar-refractivity contribution in [1.29, 1.82) is 0 Å². The van der Waals surface area contributed by atoms with Gasteiger partial charge >= 0.3 is 0 Å². The number of furan rings is 1. The Labute approximate surface area is 88.1 Å². The molecule has 0 aliphatic heterocycles. The summed E-state index contributed by atoms with van der Waals surface area (Å²) in [5, 5.41) is 9.98. The summed E-state index contributed by atoms with van der Waals surface area (Å²) >= 11 is 0. The minimum atomic E-state index is -0.739. The van der Waals surface area contributed by atoms with Crippen LogP contribution in [0.3, 0.4) is 0 Å². The molecule has 3 heteroatoms. The van der Waals surface area contributed by atoms with Crippen molar-refractivity contribution in [2.75, 3.05) is 0 Å². The molecule has 0 bridgehead atoms. The molecular formula is C12H13NO2. The molecular weight excluding hydrogens is 190 g/mol. The van der Waals surface area contributed by atoms with E-state index in [1.54, 1.807) is 18.4 Å². The van der Waals surface area contributed by atoms with E-state index in [-0.39, 0.29) is 0 Å². The van der Waals surface area contributed by atoms with E-state index in [1.165, 1.54) is 0 Å². The zero-order valence-corrected chi connectivity index (χ0v) is 8.21. The molecule has 2 atom stereocenters. The summed E-state index contributed by atoms with van der Waals surface area (Å²) in [5.74, 6) is 0.589. The topological polar surface area (TPSA) is 59.4 Å². The Balaban J connectivity index is 2.18. The highest BCUT2D eigenvalue weighted by Crippen LogP contribution is 2.26. The first-order valence-corrected chi connectivity index (χ1v) is 4.81. The highest BCUT2D eigenvalue weighted by Gasteiger charge is 2.20. The molecule has 0 spiro atoms. The normalized spacial score (nSPS) is 14.8. The number of aliphatic hydroxyl groups excluding tert-OH is 1. The van der Waals surface area contributed by atoms with Crippen LogP contribution in [0.15, 0.2) is 53.1 Å². The van der Waals surface area contributed by atoms with Gasteiger partial charge in [0, 0.05) is 0 Å². The lowest BCUT2D eigenvalue weighted by Crippen LogP contribution is -2.18. The molecule has 0 saturated carbocycles.